The van der Waals surface area contributed by atoms with Crippen molar-refractivity contribution < 1.29 is 54.1 Å². The van der Waals surface area contributed by atoms with Crippen molar-refractivity contribution in [3.05, 3.63) is 36.5 Å². The highest BCUT2D eigenvalue weighted by Gasteiger charge is 2.56. The molecule has 0 radical (unpaired) electrons. The molecule has 4 unspecified atom stereocenters. The third-order valence-corrected chi connectivity index (χ3v) is 13.4. The van der Waals surface area contributed by atoms with Gasteiger partial charge in [0.05, 0.1) is 36.6 Å². The van der Waals surface area contributed by atoms with Gasteiger partial charge in [-0.3, -0.25) is 9.59 Å². The summed E-state index contributed by atoms with van der Waals surface area (Å²) >= 11 is 0. The van der Waals surface area contributed by atoms with Crippen LogP contribution < -0.4 is 0 Å². The number of fused-ring (bicyclic) bond motifs is 2. The Balaban J connectivity index is 1.99. The lowest BCUT2D eigenvalue weighted by Crippen LogP contribution is -2.62. The van der Waals surface area contributed by atoms with Crippen LogP contribution in [-0.2, 0) is 28.6 Å². The molecular weight excluding hydrogens is 716 g/mol. The molecule has 11 heteroatoms. The molecule has 2 fully saturated rings. The number of ether oxygens (including phenoxy) is 3. The summed E-state index contributed by atoms with van der Waals surface area (Å²) in [6, 6.07) is 0. The number of esters is 1. The van der Waals surface area contributed by atoms with Crippen LogP contribution in [0, 0.1) is 53.3 Å². The summed E-state index contributed by atoms with van der Waals surface area (Å²) in [7, 11) is 0. The summed E-state index contributed by atoms with van der Waals surface area (Å²) in [5, 5.41) is 55.0. The number of ketones is 2. The lowest BCUT2D eigenvalue weighted by molar-refractivity contribution is -0.371. The summed E-state index contributed by atoms with van der Waals surface area (Å²) in [6.45, 7) is 19.1. The van der Waals surface area contributed by atoms with E-state index < -0.39 is 89.0 Å². The van der Waals surface area contributed by atoms with Crippen molar-refractivity contribution in [1.82, 2.24) is 0 Å². The summed E-state index contributed by atoms with van der Waals surface area (Å²) < 4.78 is 20.0. The maximum Gasteiger partial charge on any atom is 0.330 e. The normalized spacial score (nSPS) is 46.8. The van der Waals surface area contributed by atoms with E-state index >= 15 is 0 Å². The number of aliphatic hydroxyl groups is 5. The number of aliphatic hydroxyl groups excluding tert-OH is 4. The average Bonchev–Trinajstić information content (AvgIpc) is 3.16. The van der Waals surface area contributed by atoms with Gasteiger partial charge in [-0.25, -0.2) is 4.79 Å². The van der Waals surface area contributed by atoms with Crippen LogP contribution in [0.3, 0.4) is 0 Å². The highest BCUT2D eigenvalue weighted by molar-refractivity contribution is 5.91. The highest BCUT2D eigenvalue weighted by Crippen LogP contribution is 2.49. The molecule has 18 atom stereocenters. The van der Waals surface area contributed by atoms with Gasteiger partial charge in [-0.15, -0.1) is 0 Å². The molecule has 2 bridgehead atoms. The van der Waals surface area contributed by atoms with Crippen molar-refractivity contribution in [3.8, 4) is 0 Å². The van der Waals surface area contributed by atoms with Crippen molar-refractivity contribution in [2.24, 2.45) is 53.3 Å². The third-order valence-electron chi connectivity index (χ3n) is 13.4. The molecule has 0 aromatic rings. The molecule has 3 aliphatic heterocycles. The molecule has 0 amide bonds. The first-order valence-electron chi connectivity index (χ1n) is 21.2. The first-order chi connectivity index (χ1) is 26.1. The van der Waals surface area contributed by atoms with Crippen molar-refractivity contribution in [3.63, 3.8) is 0 Å². The average molecular weight is 791 g/mol. The molecule has 56 heavy (non-hydrogen) atoms. The number of hydrogen-bond acceptors (Lipinski definition) is 11. The zero-order valence-electron chi connectivity index (χ0n) is 35.8. The minimum Gasteiger partial charge on any atom is -0.458 e. The largest absolute Gasteiger partial charge is 0.458 e. The van der Waals surface area contributed by atoms with Gasteiger partial charge in [0.1, 0.15) is 17.5 Å². The molecule has 11 nitrogen and oxygen atoms in total. The van der Waals surface area contributed by atoms with E-state index in [4.69, 9.17) is 14.2 Å². The Morgan fingerprint density at radius 1 is 0.839 bits per heavy atom. The van der Waals surface area contributed by atoms with Gasteiger partial charge in [-0.2, -0.15) is 0 Å². The second-order valence-electron chi connectivity index (χ2n) is 18.0. The number of rotatable bonds is 3. The van der Waals surface area contributed by atoms with Gasteiger partial charge < -0.3 is 39.7 Å². The van der Waals surface area contributed by atoms with E-state index in [9.17, 15) is 39.9 Å². The second kappa shape index (κ2) is 20.6. The minimum atomic E-state index is -2.18. The topological polar surface area (TPSA) is 180 Å². The van der Waals surface area contributed by atoms with Gasteiger partial charge in [-0.1, -0.05) is 92.7 Å². The summed E-state index contributed by atoms with van der Waals surface area (Å²) in [6.07, 6.45) is 9.62. The van der Waals surface area contributed by atoms with Crippen LogP contribution >= 0.6 is 0 Å². The molecule has 0 aromatic carbocycles. The van der Waals surface area contributed by atoms with Crippen molar-refractivity contribution >= 4 is 17.5 Å². The molecule has 0 saturated carbocycles. The minimum absolute atomic E-state index is 0.168. The van der Waals surface area contributed by atoms with Gasteiger partial charge in [0.2, 0.25) is 0 Å². The summed E-state index contributed by atoms with van der Waals surface area (Å²) in [5.74, 6) is -7.28. The Labute approximate surface area is 336 Å². The van der Waals surface area contributed by atoms with E-state index in [1.54, 1.807) is 20.8 Å². The molecule has 3 rings (SSSR count). The van der Waals surface area contributed by atoms with E-state index in [0.717, 1.165) is 19.3 Å². The van der Waals surface area contributed by atoms with E-state index in [-0.39, 0.29) is 35.9 Å². The number of carbonyl (C=O) groups excluding carboxylic acids is 3. The van der Waals surface area contributed by atoms with Crippen molar-refractivity contribution in [2.75, 3.05) is 0 Å². The fourth-order valence-electron chi connectivity index (χ4n) is 9.01. The van der Waals surface area contributed by atoms with Gasteiger partial charge in [-0.05, 0) is 70.1 Å². The molecule has 2 saturated heterocycles. The Morgan fingerprint density at radius 2 is 1.48 bits per heavy atom. The van der Waals surface area contributed by atoms with Crippen molar-refractivity contribution in [2.45, 2.75) is 175 Å². The number of carbonyl (C=O) groups is 3. The summed E-state index contributed by atoms with van der Waals surface area (Å²) in [5.41, 5.74) is -2.18. The van der Waals surface area contributed by atoms with Gasteiger partial charge >= 0.3 is 5.97 Å². The van der Waals surface area contributed by atoms with Crippen LogP contribution in [0.4, 0.5) is 0 Å². The molecule has 3 heterocycles. The monoisotopic (exact) mass is 791 g/mol. The molecule has 5 N–H and O–H groups in total. The smallest absolute Gasteiger partial charge is 0.330 e. The zero-order chi connectivity index (χ0) is 42.3. The van der Waals surface area contributed by atoms with Crippen LogP contribution in [0.5, 0.6) is 0 Å². The number of Topliss-reactive ketones (excluding diaryl/α,β-unsaturated/α-hetero) is 2. The Bertz CT molecular complexity index is 1390. The Kier molecular flexibility index (Phi) is 17.7. The molecule has 1 spiro atoms. The molecule has 0 aliphatic carbocycles. The highest BCUT2D eigenvalue weighted by atomic mass is 16.7. The van der Waals surface area contributed by atoms with E-state index in [1.165, 1.54) is 39.8 Å². The summed E-state index contributed by atoms with van der Waals surface area (Å²) in [4.78, 5) is 40.5. The molecule has 0 aromatic heterocycles. The fourth-order valence-corrected chi connectivity index (χ4v) is 9.01. The molecule has 3 aliphatic rings. The quantitative estimate of drug-likeness (QED) is 0.216. The third kappa shape index (κ3) is 11.5. The molecular formula is C45H74O11. The first kappa shape index (κ1) is 48.1. The van der Waals surface area contributed by atoms with Crippen molar-refractivity contribution in [1.29, 1.82) is 0 Å². The Morgan fingerprint density at radius 3 is 2.11 bits per heavy atom. The predicted octanol–water partition coefficient (Wildman–Crippen LogP) is 5.88. The van der Waals surface area contributed by atoms with Crippen LogP contribution in [-0.4, -0.2) is 97.2 Å². The number of allylic oxidation sites excluding steroid dienone is 4. The standard InChI is InChI=1S/C45H74O11/c1-12-34-17-15-13-14-16-27(4)42(51)44(11,53)43(52)32(9)40(50)31(8)39(49)30(7)38(48)26(3)18-21-37(47)54-41-29(6)35(20-19-34)55-45(33(41)10)23-22-25(2)36(56-45)24-28(5)46/h13-15,17-18,21,25-36,38,40-42,46,48,50-51,53H,12,16,19-20,22-24H2,1-11H3/b14-13+,17-15-,21-18+/t25-,26+,27+,28?,29?,30-,31?,32-,33-,34+,35+,36-,38-,40+,41?,42-,44+,45-/m1/s1. The molecule has 320 valence electrons. The van der Waals surface area contributed by atoms with Gasteiger partial charge in [0.25, 0.3) is 0 Å². The van der Waals surface area contributed by atoms with Gasteiger partial charge in [0.15, 0.2) is 11.6 Å². The lowest BCUT2D eigenvalue weighted by Gasteiger charge is -2.55. The van der Waals surface area contributed by atoms with E-state index in [1.807, 2.05) is 32.1 Å². The lowest BCUT2D eigenvalue weighted by atomic mass is 9.74. The van der Waals surface area contributed by atoms with E-state index in [2.05, 4.69) is 19.9 Å². The maximum atomic E-state index is 13.5. The van der Waals surface area contributed by atoms with Crippen LogP contribution in [0.2, 0.25) is 0 Å². The number of hydrogen-bond donors (Lipinski definition) is 5. The SMILES string of the molecule is CC[C@H]1/C=C\C=C\C[C@H](C)[C@@H](O)[C@](C)(O)C(=O)[C@H](C)[C@@H](O)C(C)C(=O)[C@H](C)[C@H](O)[C@@H](C)/C=C/C(=O)OC2C(C)[C@H](CC1)O[C@@]1(CC[C@@H](C)[C@@H](CC(C)O)O1)[C@@H]2C. The fraction of sp³-hybridized carbons (Fsp3) is 0.800. The van der Waals surface area contributed by atoms with Crippen LogP contribution in [0.25, 0.3) is 0 Å². The Hall–Kier alpha value is -2.25. The van der Waals surface area contributed by atoms with Gasteiger partial charge in [0, 0.05) is 48.0 Å². The first-order valence-corrected chi connectivity index (χ1v) is 21.2. The van der Waals surface area contributed by atoms with E-state index in [0.29, 0.717) is 25.7 Å². The predicted molar refractivity (Wildman–Crippen MR) is 215 cm³/mol. The zero-order valence-corrected chi connectivity index (χ0v) is 35.8. The van der Waals surface area contributed by atoms with Crippen LogP contribution in [0.15, 0.2) is 36.5 Å². The van der Waals surface area contributed by atoms with Crippen LogP contribution in [0.1, 0.15) is 121 Å². The maximum absolute atomic E-state index is 13.5. The second-order valence-corrected chi connectivity index (χ2v) is 18.0.